The molecule has 0 heterocycles. The number of ketones is 2. The Balaban J connectivity index is 1.53. The molecule has 47 heavy (non-hydrogen) atoms. The van der Waals surface area contributed by atoms with E-state index < -0.39 is 29.3 Å². The maximum absolute atomic E-state index is 13.8. The van der Waals surface area contributed by atoms with Crippen molar-refractivity contribution >= 4 is 34.8 Å². The molecule has 1 unspecified atom stereocenters. The molecule has 4 aromatic rings. The fraction of sp³-hybridized carbons (Fsp3) is 0.300. The molecular weight excluding hydrogens is 588 g/mol. The van der Waals surface area contributed by atoms with E-state index in [1.165, 1.54) is 17.7 Å². The van der Waals surface area contributed by atoms with Crippen LogP contribution in [0.3, 0.4) is 0 Å². The predicted molar refractivity (Wildman–Crippen MR) is 187 cm³/mol. The number of nitrogens with one attached hydrogen (secondary N) is 2. The van der Waals surface area contributed by atoms with Gasteiger partial charge in [-0.15, -0.1) is 0 Å². The Morgan fingerprint density at radius 1 is 0.638 bits per heavy atom. The molecule has 0 spiro atoms. The average Bonchev–Trinajstić information content (AvgIpc) is 3.08. The topological polar surface area (TPSA) is 102 Å². The van der Waals surface area contributed by atoms with Gasteiger partial charge in [-0.05, 0) is 59.6 Å². The molecule has 4 aromatic carbocycles. The van der Waals surface area contributed by atoms with Gasteiger partial charge in [-0.1, -0.05) is 114 Å². The van der Waals surface area contributed by atoms with Gasteiger partial charge in [-0.3, -0.25) is 19.2 Å². The summed E-state index contributed by atoms with van der Waals surface area (Å²) in [5.41, 5.74) is 3.26. The van der Waals surface area contributed by atoms with Crippen LogP contribution in [0.5, 0.6) is 5.75 Å². The summed E-state index contributed by atoms with van der Waals surface area (Å²) in [6.07, 6.45) is 1.88. The van der Waals surface area contributed by atoms with Gasteiger partial charge in [0.15, 0.2) is 24.1 Å². The highest BCUT2D eigenvalue weighted by atomic mass is 16.5. The number of para-hydroxylation sites is 1. The quantitative estimate of drug-likeness (QED) is 0.107. The van der Waals surface area contributed by atoms with Crippen LogP contribution < -0.4 is 15.4 Å². The van der Waals surface area contributed by atoms with Gasteiger partial charge in [0.25, 0.3) is 5.91 Å². The van der Waals surface area contributed by atoms with E-state index >= 15 is 0 Å². The first-order valence-corrected chi connectivity index (χ1v) is 16.0. The van der Waals surface area contributed by atoms with Gasteiger partial charge < -0.3 is 15.4 Å². The fourth-order valence-corrected chi connectivity index (χ4v) is 5.12. The van der Waals surface area contributed by atoms with Crippen LogP contribution in [0.2, 0.25) is 0 Å². The highest BCUT2D eigenvalue weighted by Crippen LogP contribution is 2.38. The van der Waals surface area contributed by atoms with Crippen LogP contribution in [0.4, 0.5) is 11.4 Å². The number of hydrogen-bond donors (Lipinski definition) is 2. The summed E-state index contributed by atoms with van der Waals surface area (Å²) in [5.74, 6) is -3.43. The molecule has 2 amide bonds. The van der Waals surface area contributed by atoms with Crippen LogP contribution in [0.15, 0.2) is 103 Å². The Kier molecular flexibility index (Phi) is 11.1. The smallest absolute Gasteiger partial charge is 0.262 e. The molecule has 7 heteroatoms. The molecule has 0 saturated carbocycles. The number of benzene rings is 4. The summed E-state index contributed by atoms with van der Waals surface area (Å²) in [7, 11) is 0. The normalized spacial score (nSPS) is 12.1. The zero-order valence-corrected chi connectivity index (χ0v) is 28.1. The van der Waals surface area contributed by atoms with Crippen molar-refractivity contribution in [1.29, 1.82) is 0 Å². The van der Waals surface area contributed by atoms with Gasteiger partial charge in [0, 0.05) is 28.1 Å². The summed E-state index contributed by atoms with van der Waals surface area (Å²) in [5, 5.41) is 5.48. The molecule has 1 atom stereocenters. The minimum absolute atomic E-state index is 0.00384. The molecule has 0 aromatic heterocycles. The predicted octanol–water partition coefficient (Wildman–Crippen LogP) is 8.40. The Bertz CT molecular complexity index is 1730. The fourth-order valence-electron chi connectivity index (χ4n) is 5.12. The minimum atomic E-state index is -1.63. The van der Waals surface area contributed by atoms with Crippen LogP contribution in [0, 0.1) is 5.92 Å². The van der Waals surface area contributed by atoms with Crippen LogP contribution in [0.1, 0.15) is 86.2 Å². The molecule has 0 saturated heterocycles. The van der Waals surface area contributed by atoms with Crippen molar-refractivity contribution < 1.29 is 23.9 Å². The lowest BCUT2D eigenvalue weighted by molar-refractivity contribution is -0.118. The number of amides is 2. The highest BCUT2D eigenvalue weighted by molar-refractivity contribution is 6.29. The van der Waals surface area contributed by atoms with Crippen LogP contribution in [0.25, 0.3) is 0 Å². The lowest BCUT2D eigenvalue weighted by Crippen LogP contribution is -2.36. The lowest BCUT2D eigenvalue weighted by Gasteiger charge is -2.30. The summed E-state index contributed by atoms with van der Waals surface area (Å²) >= 11 is 0. The van der Waals surface area contributed by atoms with Crippen molar-refractivity contribution in [3.8, 4) is 5.75 Å². The Morgan fingerprint density at radius 2 is 1.21 bits per heavy atom. The molecule has 0 aliphatic rings. The first kappa shape index (κ1) is 34.8. The van der Waals surface area contributed by atoms with Crippen molar-refractivity contribution in [2.45, 2.75) is 65.2 Å². The Morgan fingerprint density at radius 3 is 1.85 bits per heavy atom. The van der Waals surface area contributed by atoms with Crippen molar-refractivity contribution in [2.24, 2.45) is 5.92 Å². The summed E-state index contributed by atoms with van der Waals surface area (Å²) in [6.45, 7) is 12.8. The number of hydrogen-bond acceptors (Lipinski definition) is 5. The second-order valence-corrected chi connectivity index (χ2v) is 13.0. The van der Waals surface area contributed by atoms with Crippen LogP contribution in [-0.4, -0.2) is 30.0 Å². The molecule has 0 aliphatic carbocycles. The van der Waals surface area contributed by atoms with Gasteiger partial charge in [0.05, 0.1) is 0 Å². The minimum Gasteiger partial charge on any atom is -0.483 e. The Hall–Kier alpha value is -5.04. The number of carbonyl (C=O) groups excluding carboxylic acids is 4. The number of Topliss-reactive ketones (excluding diaryl/α,β-unsaturated/α-hetero) is 2. The lowest BCUT2D eigenvalue weighted by atomic mass is 9.76. The standard InChI is InChI=1S/C40H44N2O5/c1-7-39(3,4)29-22-23-33(32(25-29)40(5,6)8-2)47-26-34(43)41-31-21-15-18-28(24-31)37(45)35(36(44)27-16-11-9-12-17-27)38(46)42-30-19-13-10-14-20-30/h9-25,35H,7-8,26H2,1-6H3,(H,41,43)(H,42,46). The first-order chi connectivity index (χ1) is 22.4. The molecule has 0 fully saturated rings. The second kappa shape index (κ2) is 15.0. The van der Waals surface area contributed by atoms with Crippen molar-refractivity contribution in [1.82, 2.24) is 0 Å². The van der Waals surface area contributed by atoms with E-state index in [1.54, 1.807) is 72.8 Å². The van der Waals surface area contributed by atoms with Gasteiger partial charge >= 0.3 is 0 Å². The van der Waals surface area contributed by atoms with Crippen LogP contribution in [-0.2, 0) is 20.4 Å². The van der Waals surface area contributed by atoms with Gasteiger partial charge in [-0.2, -0.15) is 0 Å². The van der Waals surface area contributed by atoms with E-state index in [4.69, 9.17) is 4.74 Å². The molecule has 244 valence electrons. The van der Waals surface area contributed by atoms with E-state index in [0.717, 1.165) is 18.4 Å². The zero-order valence-electron chi connectivity index (χ0n) is 28.1. The van der Waals surface area contributed by atoms with Gasteiger partial charge in [0.2, 0.25) is 5.91 Å². The average molecular weight is 633 g/mol. The number of carbonyl (C=O) groups is 4. The largest absolute Gasteiger partial charge is 0.483 e. The molecule has 0 bridgehead atoms. The number of anilines is 2. The SMILES string of the molecule is CCC(C)(C)c1ccc(OCC(=O)Nc2cccc(C(=O)C(C(=O)Nc3ccccc3)C(=O)c3ccccc3)c2)c(C(C)(C)CC)c1. The third-order valence-electron chi connectivity index (χ3n) is 8.93. The van der Waals surface area contributed by atoms with E-state index in [0.29, 0.717) is 17.1 Å². The monoisotopic (exact) mass is 632 g/mol. The van der Waals surface area contributed by atoms with Gasteiger partial charge in [0.1, 0.15) is 5.75 Å². The molecule has 4 rings (SSSR count). The third kappa shape index (κ3) is 8.61. The maximum Gasteiger partial charge on any atom is 0.262 e. The second-order valence-electron chi connectivity index (χ2n) is 13.0. The third-order valence-corrected chi connectivity index (χ3v) is 8.93. The first-order valence-electron chi connectivity index (χ1n) is 16.0. The molecular formula is C40H44N2O5. The van der Waals surface area contributed by atoms with E-state index in [9.17, 15) is 19.2 Å². The van der Waals surface area contributed by atoms with Crippen molar-refractivity contribution in [2.75, 3.05) is 17.2 Å². The van der Waals surface area contributed by atoms with E-state index in [1.807, 2.05) is 6.07 Å². The van der Waals surface area contributed by atoms with Crippen molar-refractivity contribution in [3.63, 3.8) is 0 Å². The summed E-state index contributed by atoms with van der Waals surface area (Å²) in [4.78, 5) is 53.8. The summed E-state index contributed by atoms with van der Waals surface area (Å²) in [6, 6.07) is 29.3. The molecule has 7 nitrogen and oxygen atoms in total. The zero-order chi connectivity index (χ0) is 34.2. The van der Waals surface area contributed by atoms with Crippen molar-refractivity contribution in [3.05, 3.63) is 125 Å². The van der Waals surface area contributed by atoms with Gasteiger partial charge in [-0.25, -0.2) is 0 Å². The molecule has 0 aliphatic heterocycles. The van der Waals surface area contributed by atoms with Crippen LogP contribution >= 0.6 is 0 Å². The van der Waals surface area contributed by atoms with E-state index in [2.05, 4.69) is 64.3 Å². The molecule has 0 radical (unpaired) electrons. The maximum atomic E-state index is 13.8. The number of rotatable bonds is 14. The van der Waals surface area contributed by atoms with E-state index in [-0.39, 0.29) is 28.6 Å². The highest BCUT2D eigenvalue weighted by Gasteiger charge is 2.35. The number of ether oxygens (including phenoxy) is 1. The Labute approximate surface area is 277 Å². The molecule has 2 N–H and O–H groups in total. The summed E-state index contributed by atoms with van der Waals surface area (Å²) < 4.78 is 6.07.